The van der Waals surface area contributed by atoms with Crippen LogP contribution in [0, 0.1) is 0 Å². The summed E-state index contributed by atoms with van der Waals surface area (Å²) in [4.78, 5) is 2.32. The van der Waals surface area contributed by atoms with E-state index in [1.165, 1.54) is 5.56 Å². The lowest BCUT2D eigenvalue weighted by atomic mass is 10.0. The van der Waals surface area contributed by atoms with Crippen LogP contribution in [0.3, 0.4) is 0 Å². The minimum atomic E-state index is -0.115. The largest absolute Gasteiger partial charge is 0.372 e. The van der Waals surface area contributed by atoms with Gasteiger partial charge in [-0.1, -0.05) is 24.6 Å². The van der Waals surface area contributed by atoms with E-state index in [0.717, 1.165) is 43.4 Å². The normalized spacial score (nSPS) is 19.6. The maximum Gasteiger partial charge on any atom is 0.0801 e. The third kappa shape index (κ3) is 4.35. The molecule has 1 fully saturated rings. The Labute approximate surface area is 133 Å². The second kappa shape index (κ2) is 6.99. The van der Waals surface area contributed by atoms with E-state index in [1.807, 2.05) is 0 Å². The number of hydrogen-bond donors (Lipinski definition) is 1. The van der Waals surface area contributed by atoms with Crippen LogP contribution < -0.4 is 10.2 Å². The van der Waals surface area contributed by atoms with E-state index in [4.69, 9.17) is 16.3 Å². The van der Waals surface area contributed by atoms with Gasteiger partial charge in [-0.05, 0) is 51.4 Å². The van der Waals surface area contributed by atoms with Crippen LogP contribution in [0.15, 0.2) is 18.2 Å². The number of halogens is 1. The van der Waals surface area contributed by atoms with Crippen molar-refractivity contribution in [3.8, 4) is 0 Å². The van der Waals surface area contributed by atoms with Gasteiger partial charge in [0.15, 0.2) is 0 Å². The summed E-state index contributed by atoms with van der Waals surface area (Å²) in [5, 5.41) is 4.32. The van der Waals surface area contributed by atoms with Crippen molar-refractivity contribution < 1.29 is 4.74 Å². The van der Waals surface area contributed by atoms with Gasteiger partial charge in [-0.3, -0.25) is 0 Å². The summed E-state index contributed by atoms with van der Waals surface area (Å²) in [6.07, 6.45) is 1.14. The smallest absolute Gasteiger partial charge is 0.0801 e. The van der Waals surface area contributed by atoms with Crippen molar-refractivity contribution in [2.24, 2.45) is 0 Å². The van der Waals surface area contributed by atoms with Crippen molar-refractivity contribution in [3.63, 3.8) is 0 Å². The Morgan fingerprint density at radius 1 is 1.43 bits per heavy atom. The van der Waals surface area contributed by atoms with Crippen LogP contribution in [-0.4, -0.2) is 31.8 Å². The van der Waals surface area contributed by atoms with Crippen molar-refractivity contribution in [1.29, 1.82) is 0 Å². The van der Waals surface area contributed by atoms with E-state index in [-0.39, 0.29) is 5.60 Å². The standard InChI is InChI=1S/C17H27ClN2O/c1-5-8-19-13(2)14-6-7-16(15(18)11-14)20-9-10-21-17(3,4)12-20/h6-7,11,13,19H,5,8-10,12H2,1-4H3. The second-order valence-corrected chi connectivity index (χ2v) is 6.82. The first-order valence-electron chi connectivity index (χ1n) is 7.84. The highest BCUT2D eigenvalue weighted by Gasteiger charge is 2.28. The minimum Gasteiger partial charge on any atom is -0.372 e. The fourth-order valence-corrected chi connectivity index (χ4v) is 3.06. The maximum absolute atomic E-state index is 6.52. The zero-order valence-electron chi connectivity index (χ0n) is 13.6. The van der Waals surface area contributed by atoms with Gasteiger partial charge < -0.3 is 15.0 Å². The number of benzene rings is 1. The molecule has 21 heavy (non-hydrogen) atoms. The molecule has 1 saturated heterocycles. The highest BCUT2D eigenvalue weighted by molar-refractivity contribution is 6.33. The molecule has 0 bridgehead atoms. The van der Waals surface area contributed by atoms with Crippen LogP contribution in [0.25, 0.3) is 0 Å². The summed E-state index contributed by atoms with van der Waals surface area (Å²) < 4.78 is 5.77. The molecule has 1 aliphatic rings. The third-order valence-corrected chi connectivity index (χ3v) is 4.24. The lowest BCUT2D eigenvalue weighted by Crippen LogP contribution is -2.48. The molecule has 0 saturated carbocycles. The molecular formula is C17H27ClN2O. The van der Waals surface area contributed by atoms with Gasteiger partial charge >= 0.3 is 0 Å². The van der Waals surface area contributed by atoms with Crippen LogP contribution in [0.2, 0.25) is 5.02 Å². The fourth-order valence-electron chi connectivity index (χ4n) is 2.75. The number of anilines is 1. The Kier molecular flexibility index (Phi) is 5.53. The average Bonchev–Trinajstić information content (AvgIpc) is 2.43. The van der Waals surface area contributed by atoms with Crippen molar-refractivity contribution in [3.05, 3.63) is 28.8 Å². The first-order valence-corrected chi connectivity index (χ1v) is 8.22. The number of nitrogens with one attached hydrogen (secondary N) is 1. The SMILES string of the molecule is CCCNC(C)c1ccc(N2CCOC(C)(C)C2)c(Cl)c1. The summed E-state index contributed by atoms with van der Waals surface area (Å²) in [5.74, 6) is 0. The number of hydrogen-bond acceptors (Lipinski definition) is 3. The van der Waals surface area contributed by atoms with E-state index in [0.29, 0.717) is 6.04 Å². The lowest BCUT2D eigenvalue weighted by molar-refractivity contribution is -0.0276. The molecule has 1 N–H and O–H groups in total. The molecule has 1 aromatic rings. The van der Waals surface area contributed by atoms with Crippen LogP contribution in [0.5, 0.6) is 0 Å². The Balaban J connectivity index is 2.12. The molecule has 2 rings (SSSR count). The predicted molar refractivity (Wildman–Crippen MR) is 90.4 cm³/mol. The molecule has 1 aliphatic heterocycles. The minimum absolute atomic E-state index is 0.115. The van der Waals surface area contributed by atoms with E-state index < -0.39 is 0 Å². The van der Waals surface area contributed by atoms with Crippen LogP contribution >= 0.6 is 11.6 Å². The summed E-state index contributed by atoms with van der Waals surface area (Å²) >= 11 is 6.52. The molecule has 118 valence electrons. The molecule has 0 amide bonds. The second-order valence-electron chi connectivity index (χ2n) is 6.42. The molecule has 1 aromatic carbocycles. The number of ether oxygens (including phenoxy) is 1. The Morgan fingerprint density at radius 3 is 2.81 bits per heavy atom. The van der Waals surface area contributed by atoms with Crippen molar-refractivity contribution >= 4 is 17.3 Å². The number of morpholine rings is 1. The average molecular weight is 311 g/mol. The Hall–Kier alpha value is -0.770. The van der Waals surface area contributed by atoms with Crippen molar-refractivity contribution in [2.45, 2.75) is 45.8 Å². The summed E-state index contributed by atoms with van der Waals surface area (Å²) in [6, 6.07) is 6.74. The van der Waals surface area contributed by atoms with Gasteiger partial charge in [0.1, 0.15) is 0 Å². The molecule has 0 aliphatic carbocycles. The van der Waals surface area contributed by atoms with E-state index in [1.54, 1.807) is 0 Å². The van der Waals surface area contributed by atoms with E-state index in [2.05, 4.69) is 56.1 Å². The molecule has 3 nitrogen and oxygen atoms in total. The van der Waals surface area contributed by atoms with Gasteiger partial charge in [0.2, 0.25) is 0 Å². The maximum atomic E-state index is 6.52. The van der Waals surface area contributed by atoms with Crippen LogP contribution in [0.4, 0.5) is 5.69 Å². The van der Waals surface area contributed by atoms with E-state index in [9.17, 15) is 0 Å². The van der Waals surface area contributed by atoms with Crippen molar-refractivity contribution in [2.75, 3.05) is 31.1 Å². The molecule has 1 heterocycles. The van der Waals surface area contributed by atoms with Gasteiger partial charge in [0.25, 0.3) is 0 Å². The van der Waals surface area contributed by atoms with Gasteiger partial charge in [-0.25, -0.2) is 0 Å². The monoisotopic (exact) mass is 310 g/mol. The molecule has 0 spiro atoms. The first-order chi connectivity index (χ1) is 9.93. The zero-order chi connectivity index (χ0) is 15.5. The van der Waals surface area contributed by atoms with E-state index >= 15 is 0 Å². The number of rotatable bonds is 5. The topological polar surface area (TPSA) is 24.5 Å². The van der Waals surface area contributed by atoms with Gasteiger partial charge in [-0.15, -0.1) is 0 Å². The molecule has 0 radical (unpaired) electrons. The summed E-state index contributed by atoms with van der Waals surface area (Å²) in [5.41, 5.74) is 2.24. The third-order valence-electron chi connectivity index (χ3n) is 3.94. The van der Waals surface area contributed by atoms with Crippen LogP contribution in [0.1, 0.15) is 45.7 Å². The summed E-state index contributed by atoms with van der Waals surface area (Å²) in [6.45, 7) is 12.1. The van der Waals surface area contributed by atoms with Crippen LogP contribution in [-0.2, 0) is 4.74 Å². The Morgan fingerprint density at radius 2 is 2.19 bits per heavy atom. The van der Waals surface area contributed by atoms with Gasteiger partial charge in [0, 0.05) is 19.1 Å². The summed E-state index contributed by atoms with van der Waals surface area (Å²) in [7, 11) is 0. The van der Waals surface area contributed by atoms with Crippen molar-refractivity contribution in [1.82, 2.24) is 5.32 Å². The van der Waals surface area contributed by atoms with Gasteiger partial charge in [-0.2, -0.15) is 0 Å². The molecule has 4 heteroatoms. The lowest BCUT2D eigenvalue weighted by Gasteiger charge is -2.39. The first kappa shape index (κ1) is 16.6. The van der Waals surface area contributed by atoms with Gasteiger partial charge in [0.05, 0.1) is 22.9 Å². The zero-order valence-corrected chi connectivity index (χ0v) is 14.3. The molecule has 1 atom stereocenters. The molecule has 0 aromatic heterocycles. The quantitative estimate of drug-likeness (QED) is 0.889. The Bertz CT molecular complexity index is 476. The fraction of sp³-hybridized carbons (Fsp3) is 0.647. The number of nitrogens with zero attached hydrogens (tertiary/aromatic N) is 1. The highest BCUT2D eigenvalue weighted by atomic mass is 35.5. The highest BCUT2D eigenvalue weighted by Crippen LogP contribution is 2.31. The molecular weight excluding hydrogens is 284 g/mol. The molecule has 1 unspecified atom stereocenters. The predicted octanol–water partition coefficient (Wildman–Crippen LogP) is 4.02.